The van der Waals surface area contributed by atoms with Crippen molar-refractivity contribution in [1.82, 2.24) is 14.9 Å². The molecule has 0 unspecified atom stereocenters. The van der Waals surface area contributed by atoms with Gasteiger partial charge in [-0.05, 0) is 80.5 Å². The lowest BCUT2D eigenvalue weighted by Gasteiger charge is -2.30. The van der Waals surface area contributed by atoms with Crippen molar-refractivity contribution in [3.05, 3.63) is 78.4 Å². The van der Waals surface area contributed by atoms with Crippen LogP contribution in [0, 0.1) is 0 Å². The standard InChI is InChI=1S/C25H28N4OS/c1-2-30-20-14-12-19(13-15-20)29-24(22-11-7-17-28(22)18-8-3-4-9-18)23(27-25(29)31)21-10-5-6-16-26-21/h5-7,10-18,23-24H,2-4,8-9H2,1H3,(H,27,31)/t23-,24+/m0/s1. The summed E-state index contributed by atoms with van der Waals surface area (Å²) < 4.78 is 8.12. The van der Waals surface area contributed by atoms with Crippen molar-refractivity contribution in [3.63, 3.8) is 0 Å². The molecular weight excluding hydrogens is 404 g/mol. The van der Waals surface area contributed by atoms with Gasteiger partial charge in [-0.3, -0.25) is 4.98 Å². The van der Waals surface area contributed by atoms with Gasteiger partial charge in [0.2, 0.25) is 0 Å². The molecule has 6 heteroatoms. The molecule has 1 saturated heterocycles. The summed E-state index contributed by atoms with van der Waals surface area (Å²) in [6, 6.07) is 19.3. The number of thiocarbonyl (C=S) groups is 1. The van der Waals surface area contributed by atoms with Crippen LogP contribution >= 0.6 is 12.2 Å². The lowest BCUT2D eigenvalue weighted by Crippen LogP contribution is -2.30. The first-order chi connectivity index (χ1) is 15.3. The van der Waals surface area contributed by atoms with Gasteiger partial charge in [-0.15, -0.1) is 0 Å². The molecule has 2 atom stereocenters. The first-order valence-corrected chi connectivity index (χ1v) is 11.6. The van der Waals surface area contributed by atoms with Gasteiger partial charge in [0.15, 0.2) is 5.11 Å². The maximum absolute atomic E-state index is 5.86. The molecule has 0 bridgehead atoms. The highest BCUT2D eigenvalue weighted by Crippen LogP contribution is 2.43. The summed E-state index contributed by atoms with van der Waals surface area (Å²) in [7, 11) is 0. The van der Waals surface area contributed by atoms with E-state index in [1.54, 1.807) is 0 Å². The van der Waals surface area contributed by atoms with Crippen LogP contribution in [0.3, 0.4) is 0 Å². The van der Waals surface area contributed by atoms with Crippen LogP contribution in [0.5, 0.6) is 5.75 Å². The Morgan fingerprint density at radius 3 is 2.58 bits per heavy atom. The van der Waals surface area contributed by atoms with E-state index in [0.29, 0.717) is 12.6 Å². The van der Waals surface area contributed by atoms with E-state index in [0.717, 1.165) is 22.2 Å². The van der Waals surface area contributed by atoms with Gasteiger partial charge in [-0.25, -0.2) is 0 Å². The van der Waals surface area contributed by atoms with Crippen LogP contribution in [0.2, 0.25) is 0 Å². The molecule has 31 heavy (non-hydrogen) atoms. The SMILES string of the molecule is CCOc1ccc(N2C(=S)N[C@@H](c3ccccn3)[C@H]2c2cccn2C2CCCC2)cc1. The Morgan fingerprint density at radius 1 is 1.06 bits per heavy atom. The molecule has 1 aromatic carbocycles. The maximum Gasteiger partial charge on any atom is 0.174 e. The highest BCUT2D eigenvalue weighted by Gasteiger charge is 2.42. The highest BCUT2D eigenvalue weighted by molar-refractivity contribution is 7.80. The number of hydrogen-bond acceptors (Lipinski definition) is 3. The molecule has 5 rings (SSSR count). The summed E-state index contributed by atoms with van der Waals surface area (Å²) in [4.78, 5) is 6.91. The summed E-state index contributed by atoms with van der Waals surface area (Å²) >= 11 is 5.86. The van der Waals surface area contributed by atoms with Crippen LogP contribution in [-0.4, -0.2) is 21.3 Å². The largest absolute Gasteiger partial charge is 0.494 e. The second-order valence-corrected chi connectivity index (χ2v) is 8.59. The molecule has 2 aromatic heterocycles. The van der Waals surface area contributed by atoms with Gasteiger partial charge in [0.25, 0.3) is 0 Å². The molecule has 3 heterocycles. The monoisotopic (exact) mass is 432 g/mol. The fourth-order valence-electron chi connectivity index (χ4n) is 4.98. The zero-order chi connectivity index (χ0) is 21.2. The van der Waals surface area contributed by atoms with E-state index in [4.69, 9.17) is 17.0 Å². The summed E-state index contributed by atoms with van der Waals surface area (Å²) in [5, 5.41) is 4.29. The van der Waals surface area contributed by atoms with E-state index in [-0.39, 0.29) is 12.1 Å². The van der Waals surface area contributed by atoms with Crippen LogP contribution in [-0.2, 0) is 0 Å². The molecule has 0 spiro atoms. The minimum absolute atomic E-state index is 0.0182. The number of rotatable bonds is 6. The number of nitrogens with one attached hydrogen (secondary N) is 1. The molecule has 1 saturated carbocycles. The van der Waals surface area contributed by atoms with E-state index in [1.807, 2.05) is 37.4 Å². The van der Waals surface area contributed by atoms with E-state index in [9.17, 15) is 0 Å². The highest BCUT2D eigenvalue weighted by atomic mass is 32.1. The number of benzene rings is 1. The zero-order valence-corrected chi connectivity index (χ0v) is 18.6. The second kappa shape index (κ2) is 8.71. The average Bonchev–Trinajstić information content (AvgIpc) is 3.54. The average molecular weight is 433 g/mol. The van der Waals surface area contributed by atoms with Gasteiger partial charge in [0, 0.05) is 29.8 Å². The minimum atomic E-state index is -0.0182. The molecular formula is C25H28N4OS. The van der Waals surface area contributed by atoms with Gasteiger partial charge >= 0.3 is 0 Å². The summed E-state index contributed by atoms with van der Waals surface area (Å²) in [6.45, 7) is 2.65. The van der Waals surface area contributed by atoms with Crippen molar-refractivity contribution in [2.24, 2.45) is 0 Å². The first-order valence-electron chi connectivity index (χ1n) is 11.2. The summed E-state index contributed by atoms with van der Waals surface area (Å²) in [5.41, 5.74) is 3.34. The molecule has 1 N–H and O–H groups in total. The van der Waals surface area contributed by atoms with Crippen molar-refractivity contribution < 1.29 is 4.74 Å². The summed E-state index contributed by atoms with van der Waals surface area (Å²) in [5.74, 6) is 0.872. The first kappa shape index (κ1) is 20.1. The Bertz CT molecular complexity index is 1030. The number of hydrogen-bond donors (Lipinski definition) is 1. The van der Waals surface area contributed by atoms with Crippen LogP contribution < -0.4 is 15.0 Å². The fourth-order valence-corrected chi connectivity index (χ4v) is 5.32. The summed E-state index contributed by atoms with van der Waals surface area (Å²) in [6.07, 6.45) is 9.17. The van der Waals surface area contributed by atoms with Gasteiger partial charge in [0.1, 0.15) is 11.8 Å². The fraction of sp³-hybridized carbons (Fsp3) is 0.360. The zero-order valence-electron chi connectivity index (χ0n) is 17.8. The van der Waals surface area contributed by atoms with Crippen LogP contribution in [0.1, 0.15) is 62.1 Å². The second-order valence-electron chi connectivity index (χ2n) is 8.20. The number of nitrogens with zero attached hydrogens (tertiary/aromatic N) is 3. The molecule has 5 nitrogen and oxygen atoms in total. The molecule has 3 aromatic rings. The van der Waals surface area contributed by atoms with Crippen LogP contribution in [0.15, 0.2) is 67.0 Å². The van der Waals surface area contributed by atoms with Gasteiger partial charge in [0.05, 0.1) is 18.3 Å². The number of ether oxygens (including phenoxy) is 1. The Hall–Kier alpha value is -2.86. The van der Waals surface area contributed by atoms with E-state index < -0.39 is 0 Å². The van der Waals surface area contributed by atoms with Crippen molar-refractivity contribution in [1.29, 1.82) is 0 Å². The van der Waals surface area contributed by atoms with Crippen molar-refractivity contribution in [2.75, 3.05) is 11.5 Å². The lowest BCUT2D eigenvalue weighted by molar-refractivity contribution is 0.340. The molecule has 2 fully saturated rings. The van der Waals surface area contributed by atoms with Gasteiger partial charge in [-0.1, -0.05) is 18.9 Å². The van der Waals surface area contributed by atoms with E-state index in [1.165, 1.54) is 31.4 Å². The maximum atomic E-state index is 5.86. The molecule has 0 radical (unpaired) electrons. The quantitative estimate of drug-likeness (QED) is 0.516. The van der Waals surface area contributed by atoms with Crippen molar-refractivity contribution in [2.45, 2.75) is 50.7 Å². The number of aromatic nitrogens is 2. The molecule has 160 valence electrons. The van der Waals surface area contributed by atoms with Crippen molar-refractivity contribution >= 4 is 23.0 Å². The normalized spacial score (nSPS) is 21.5. The molecule has 1 aliphatic heterocycles. The Labute approximate surface area is 189 Å². The van der Waals surface area contributed by atoms with E-state index in [2.05, 4.69) is 56.3 Å². The third-order valence-electron chi connectivity index (χ3n) is 6.36. The van der Waals surface area contributed by atoms with Crippen LogP contribution in [0.25, 0.3) is 0 Å². The molecule has 0 amide bonds. The minimum Gasteiger partial charge on any atom is -0.494 e. The molecule has 1 aliphatic carbocycles. The van der Waals surface area contributed by atoms with Crippen LogP contribution in [0.4, 0.5) is 5.69 Å². The third kappa shape index (κ3) is 3.81. The lowest BCUT2D eigenvalue weighted by atomic mass is 10.00. The predicted molar refractivity (Wildman–Crippen MR) is 127 cm³/mol. The van der Waals surface area contributed by atoms with E-state index >= 15 is 0 Å². The number of anilines is 1. The Morgan fingerprint density at radius 2 is 1.87 bits per heavy atom. The topological polar surface area (TPSA) is 42.3 Å². The Kier molecular flexibility index (Phi) is 5.64. The van der Waals surface area contributed by atoms with Gasteiger partial charge < -0.3 is 19.5 Å². The third-order valence-corrected chi connectivity index (χ3v) is 6.67. The number of pyridine rings is 1. The smallest absolute Gasteiger partial charge is 0.174 e. The van der Waals surface area contributed by atoms with Crippen molar-refractivity contribution in [3.8, 4) is 5.75 Å². The molecule has 2 aliphatic rings. The van der Waals surface area contributed by atoms with Gasteiger partial charge in [-0.2, -0.15) is 0 Å². The predicted octanol–water partition coefficient (Wildman–Crippen LogP) is 5.57. The Balaban J connectivity index is 1.58.